The fraction of sp³-hybridized carbons (Fsp3) is 0. The first kappa shape index (κ1) is 19.2. The monoisotopic (exact) mass is 421 g/mol. The summed E-state index contributed by atoms with van der Waals surface area (Å²) in [6.45, 7) is 0. The summed E-state index contributed by atoms with van der Waals surface area (Å²) in [6.07, 6.45) is 3.80. The van der Waals surface area contributed by atoms with Crippen molar-refractivity contribution in [2.45, 2.75) is 0 Å². The average Bonchev–Trinajstić information content (AvgIpc) is 2.75. The maximum Gasteiger partial charge on any atom is 0.287 e. The Hall–Kier alpha value is -4.11. The molecule has 0 unspecified atom stereocenters. The summed E-state index contributed by atoms with van der Waals surface area (Å²) in [5.41, 5.74) is -0.352. The van der Waals surface area contributed by atoms with Gasteiger partial charge in [-0.1, -0.05) is 29.8 Å². The molecular weight excluding hydrogens is 410 g/mol. The number of hydrogen-bond donors (Lipinski definition) is 1. The molecule has 0 bridgehead atoms. The molecule has 4 rings (SSSR count). The highest BCUT2D eigenvalue weighted by Gasteiger charge is 2.17. The van der Waals surface area contributed by atoms with Crippen LogP contribution < -0.4 is 5.56 Å². The molecule has 10 heteroatoms. The molecule has 0 fully saturated rings. The highest BCUT2D eigenvalue weighted by atomic mass is 35.5. The van der Waals surface area contributed by atoms with Crippen LogP contribution in [0.2, 0.25) is 5.02 Å². The lowest BCUT2D eigenvalue weighted by molar-refractivity contribution is -0.385. The first-order valence-electron chi connectivity index (χ1n) is 8.59. The van der Waals surface area contributed by atoms with Crippen LogP contribution >= 0.6 is 11.6 Å². The van der Waals surface area contributed by atoms with Crippen LogP contribution in [0.4, 0.5) is 11.5 Å². The Kier molecular flexibility index (Phi) is 4.95. The zero-order valence-corrected chi connectivity index (χ0v) is 15.9. The van der Waals surface area contributed by atoms with Crippen LogP contribution in [0.15, 0.2) is 70.7 Å². The van der Waals surface area contributed by atoms with Crippen molar-refractivity contribution in [2.24, 2.45) is 4.99 Å². The van der Waals surface area contributed by atoms with Gasteiger partial charge in [-0.2, -0.15) is 0 Å². The van der Waals surface area contributed by atoms with Crippen molar-refractivity contribution in [3.63, 3.8) is 0 Å². The lowest BCUT2D eigenvalue weighted by Gasteiger charge is -2.12. The molecule has 0 radical (unpaired) electrons. The zero-order valence-electron chi connectivity index (χ0n) is 15.1. The van der Waals surface area contributed by atoms with Crippen molar-refractivity contribution >= 4 is 40.1 Å². The third-order valence-electron chi connectivity index (χ3n) is 4.31. The van der Waals surface area contributed by atoms with Crippen LogP contribution in [0.5, 0.6) is 5.88 Å². The van der Waals surface area contributed by atoms with Gasteiger partial charge in [-0.15, -0.1) is 0 Å². The van der Waals surface area contributed by atoms with E-state index in [0.29, 0.717) is 15.8 Å². The molecule has 0 amide bonds. The van der Waals surface area contributed by atoms with Crippen molar-refractivity contribution in [3.8, 4) is 11.7 Å². The van der Waals surface area contributed by atoms with Gasteiger partial charge in [0, 0.05) is 29.3 Å². The van der Waals surface area contributed by atoms with Crippen molar-refractivity contribution in [1.29, 1.82) is 0 Å². The number of nitrogens with zero attached hydrogens (tertiary/aromatic N) is 5. The number of aromatic nitrogens is 3. The minimum Gasteiger partial charge on any atom is -0.494 e. The Bertz CT molecular complexity index is 1350. The highest BCUT2D eigenvalue weighted by Crippen LogP contribution is 2.26. The molecular formula is C20H12ClN5O4. The van der Waals surface area contributed by atoms with Gasteiger partial charge >= 0.3 is 0 Å². The predicted octanol–water partition coefficient (Wildman–Crippen LogP) is 3.80. The van der Waals surface area contributed by atoms with E-state index in [1.807, 2.05) is 0 Å². The van der Waals surface area contributed by atoms with Gasteiger partial charge in [0.2, 0.25) is 5.88 Å². The molecule has 4 aromatic rings. The first-order chi connectivity index (χ1) is 14.5. The minimum absolute atomic E-state index is 0.162. The summed E-state index contributed by atoms with van der Waals surface area (Å²) in [7, 11) is 0. The normalized spacial score (nSPS) is 11.2. The second-order valence-corrected chi connectivity index (χ2v) is 6.58. The van der Waals surface area contributed by atoms with Gasteiger partial charge in [0.05, 0.1) is 15.5 Å². The Labute approximate surface area is 173 Å². The minimum atomic E-state index is -0.561. The van der Waals surface area contributed by atoms with Crippen molar-refractivity contribution in [1.82, 2.24) is 14.5 Å². The fourth-order valence-corrected chi connectivity index (χ4v) is 3.01. The van der Waals surface area contributed by atoms with E-state index in [2.05, 4.69) is 15.0 Å². The molecule has 148 valence electrons. The van der Waals surface area contributed by atoms with E-state index in [4.69, 9.17) is 11.6 Å². The molecule has 0 saturated heterocycles. The van der Waals surface area contributed by atoms with Gasteiger partial charge in [-0.25, -0.2) is 19.5 Å². The van der Waals surface area contributed by atoms with Crippen LogP contribution in [0.25, 0.3) is 16.6 Å². The number of rotatable bonds is 4. The van der Waals surface area contributed by atoms with E-state index in [1.54, 1.807) is 30.3 Å². The molecule has 0 aliphatic rings. The van der Waals surface area contributed by atoms with E-state index in [0.717, 1.165) is 10.8 Å². The number of nitro groups is 1. The number of hydrogen-bond acceptors (Lipinski definition) is 7. The molecule has 1 N–H and O–H groups in total. The SMILES string of the molecule is O=c1c2ccccc2c(C=Nc2ccc([N+](=O)[O-])cn2)c(O)n1-c1ccc(Cl)cn1. The summed E-state index contributed by atoms with van der Waals surface area (Å²) in [4.78, 5) is 35.4. The fourth-order valence-electron chi connectivity index (χ4n) is 2.90. The Morgan fingerprint density at radius 2 is 1.83 bits per heavy atom. The number of aliphatic imine (C=N–C) groups is 1. The molecule has 0 spiro atoms. The smallest absolute Gasteiger partial charge is 0.287 e. The Balaban J connectivity index is 1.89. The quantitative estimate of drug-likeness (QED) is 0.303. The summed E-state index contributed by atoms with van der Waals surface area (Å²) < 4.78 is 1.06. The van der Waals surface area contributed by atoms with E-state index in [-0.39, 0.29) is 28.8 Å². The van der Waals surface area contributed by atoms with E-state index in [9.17, 15) is 20.0 Å². The van der Waals surface area contributed by atoms with Crippen LogP contribution in [0, 0.1) is 10.1 Å². The molecule has 3 heterocycles. The van der Waals surface area contributed by atoms with E-state index < -0.39 is 10.5 Å². The lowest BCUT2D eigenvalue weighted by Crippen LogP contribution is -2.21. The lowest BCUT2D eigenvalue weighted by atomic mass is 10.1. The van der Waals surface area contributed by atoms with E-state index in [1.165, 1.54) is 30.6 Å². The van der Waals surface area contributed by atoms with Crippen LogP contribution in [-0.2, 0) is 0 Å². The van der Waals surface area contributed by atoms with Crippen molar-refractivity contribution < 1.29 is 10.0 Å². The van der Waals surface area contributed by atoms with Crippen LogP contribution in [-0.4, -0.2) is 30.8 Å². The summed E-state index contributed by atoms with van der Waals surface area (Å²) in [5, 5.41) is 22.9. The standard InChI is InChI=1S/C20H12ClN5O4/c21-12-5-8-18(24-9-12)25-19(27)15-4-2-1-3-14(15)16(20(25)28)11-23-17-7-6-13(10-22-17)26(29)30/h1-11,28H. The Morgan fingerprint density at radius 1 is 1.07 bits per heavy atom. The summed E-state index contributed by atoms with van der Waals surface area (Å²) in [5.74, 6) is 0.0291. The largest absolute Gasteiger partial charge is 0.494 e. The second-order valence-electron chi connectivity index (χ2n) is 6.15. The van der Waals surface area contributed by atoms with Gasteiger partial charge in [0.25, 0.3) is 11.2 Å². The molecule has 0 aliphatic heterocycles. The van der Waals surface area contributed by atoms with Crippen LogP contribution in [0.1, 0.15) is 5.56 Å². The predicted molar refractivity (Wildman–Crippen MR) is 112 cm³/mol. The topological polar surface area (TPSA) is 124 Å². The molecule has 30 heavy (non-hydrogen) atoms. The summed E-state index contributed by atoms with van der Waals surface area (Å²) >= 11 is 5.87. The van der Waals surface area contributed by atoms with Gasteiger partial charge in [0.15, 0.2) is 5.82 Å². The third-order valence-corrected chi connectivity index (χ3v) is 4.54. The van der Waals surface area contributed by atoms with E-state index >= 15 is 0 Å². The third kappa shape index (κ3) is 3.49. The van der Waals surface area contributed by atoms with Gasteiger partial charge in [0.1, 0.15) is 12.0 Å². The number of halogens is 1. The number of aromatic hydroxyl groups is 1. The number of pyridine rings is 3. The van der Waals surface area contributed by atoms with Gasteiger partial charge in [-0.05, 0) is 24.3 Å². The summed E-state index contributed by atoms with van der Waals surface area (Å²) in [6, 6.07) is 12.5. The molecule has 1 aromatic carbocycles. The molecule has 0 saturated carbocycles. The van der Waals surface area contributed by atoms with Crippen LogP contribution in [0.3, 0.4) is 0 Å². The van der Waals surface area contributed by atoms with Gasteiger partial charge < -0.3 is 5.11 Å². The molecule has 9 nitrogen and oxygen atoms in total. The second kappa shape index (κ2) is 7.72. The maximum atomic E-state index is 13.0. The maximum absolute atomic E-state index is 13.0. The Morgan fingerprint density at radius 3 is 2.47 bits per heavy atom. The van der Waals surface area contributed by atoms with Crippen molar-refractivity contribution in [3.05, 3.63) is 92.0 Å². The average molecular weight is 422 g/mol. The van der Waals surface area contributed by atoms with Crippen molar-refractivity contribution in [2.75, 3.05) is 0 Å². The molecule has 0 atom stereocenters. The molecule has 3 aromatic heterocycles. The highest BCUT2D eigenvalue weighted by molar-refractivity contribution is 6.30. The zero-order chi connectivity index (χ0) is 21.3. The molecule has 0 aliphatic carbocycles. The van der Waals surface area contributed by atoms with Gasteiger partial charge in [-0.3, -0.25) is 14.9 Å². The first-order valence-corrected chi connectivity index (χ1v) is 8.96. The number of fused-ring (bicyclic) bond motifs is 1. The number of benzene rings is 1.